The molecule has 1 atom stereocenters. The Labute approximate surface area is 138 Å². The van der Waals surface area contributed by atoms with Crippen LogP contribution in [0.5, 0.6) is 0 Å². The first kappa shape index (κ1) is 14.6. The van der Waals surface area contributed by atoms with E-state index in [2.05, 4.69) is 0 Å². The van der Waals surface area contributed by atoms with Crippen molar-refractivity contribution < 1.29 is 0 Å². The topological polar surface area (TPSA) is 6.48 Å². The molecule has 2 nitrogen and oxygen atoms in total. The molecular formula is C4H3Cl5KN2. The molecule has 1 unspecified atom stereocenters. The third kappa shape index (κ3) is 3.04. The molecule has 0 aliphatic carbocycles. The van der Waals surface area contributed by atoms with Gasteiger partial charge in [0.25, 0.3) is 4.58 Å². The van der Waals surface area contributed by atoms with Gasteiger partial charge in [-0.15, -0.1) is 4.42 Å². The van der Waals surface area contributed by atoms with E-state index in [1.54, 1.807) is 6.08 Å². The van der Waals surface area contributed by atoms with Crippen molar-refractivity contribution in [1.29, 1.82) is 0 Å². The number of hydrogen-bond acceptors (Lipinski definition) is 2. The van der Waals surface area contributed by atoms with Crippen molar-refractivity contribution in [3.05, 3.63) is 12.3 Å². The van der Waals surface area contributed by atoms with E-state index in [4.69, 9.17) is 58.4 Å². The predicted octanol–water partition coefficient (Wildman–Crippen LogP) is 2.70. The van der Waals surface area contributed by atoms with Gasteiger partial charge in [-0.2, -0.15) is 0 Å². The molecule has 1 aliphatic rings. The van der Waals surface area contributed by atoms with Gasteiger partial charge in [0.2, 0.25) is 0 Å². The summed E-state index contributed by atoms with van der Waals surface area (Å²) in [6, 6.07) is 0. The van der Waals surface area contributed by atoms with Crippen molar-refractivity contribution >= 4 is 110 Å². The van der Waals surface area contributed by atoms with Gasteiger partial charge in [0.05, 0.1) is 0 Å². The summed E-state index contributed by atoms with van der Waals surface area (Å²) in [6.45, 7) is 0. The molecular weight excluding hydrogens is 292 g/mol. The maximum atomic E-state index is 5.69. The Balaban J connectivity index is 0.00000121. The number of alkyl halides is 3. The van der Waals surface area contributed by atoms with Crippen LogP contribution in [0.1, 0.15) is 0 Å². The third-order valence-corrected chi connectivity index (χ3v) is 3.43. The van der Waals surface area contributed by atoms with E-state index in [9.17, 15) is 0 Å². The van der Waals surface area contributed by atoms with E-state index in [0.29, 0.717) is 0 Å². The van der Waals surface area contributed by atoms with Crippen molar-refractivity contribution in [2.75, 3.05) is 0 Å². The van der Waals surface area contributed by atoms with Crippen LogP contribution >= 0.6 is 58.4 Å². The summed E-state index contributed by atoms with van der Waals surface area (Å²) in [5, 5.41) is 0. The van der Waals surface area contributed by atoms with Gasteiger partial charge in [-0.25, -0.2) is 4.42 Å². The van der Waals surface area contributed by atoms with Crippen LogP contribution < -0.4 is 0 Å². The summed E-state index contributed by atoms with van der Waals surface area (Å²) < 4.78 is 0.497. The Bertz CT molecular complexity index is 186. The molecule has 0 N–H and O–H groups in total. The molecule has 12 heavy (non-hydrogen) atoms. The fourth-order valence-electron chi connectivity index (χ4n) is 0.551. The zero-order valence-corrected chi connectivity index (χ0v) is 12.9. The van der Waals surface area contributed by atoms with Crippen LogP contribution in [0.15, 0.2) is 12.3 Å². The molecule has 1 aliphatic heterocycles. The Morgan fingerprint density at radius 3 is 2.17 bits per heavy atom. The van der Waals surface area contributed by atoms with Gasteiger partial charge in [-0.3, -0.25) is 0 Å². The minimum atomic E-state index is -1.51. The summed E-state index contributed by atoms with van der Waals surface area (Å²) in [7, 11) is 0. The average molecular weight is 295 g/mol. The molecule has 0 aromatic rings. The smallest absolute Gasteiger partial charge is 0.244 e. The minimum absolute atomic E-state index is 0. The van der Waals surface area contributed by atoms with Crippen LogP contribution in [0.2, 0.25) is 0 Å². The van der Waals surface area contributed by atoms with Crippen molar-refractivity contribution in [3.63, 3.8) is 0 Å². The van der Waals surface area contributed by atoms with Crippen LogP contribution in [0, 0.1) is 0 Å². The Morgan fingerprint density at radius 2 is 1.75 bits per heavy atom. The molecule has 1 radical (unpaired) electrons. The van der Waals surface area contributed by atoms with Gasteiger partial charge in [-0.05, 0) is 17.9 Å². The number of nitrogens with zero attached hydrogens (tertiary/aromatic N) is 2. The molecule has 1 heterocycles. The fraction of sp³-hybridized carbons (Fsp3) is 0.500. The molecule has 65 valence electrons. The first-order valence-electron chi connectivity index (χ1n) is 2.56. The normalized spacial score (nSPS) is 28.4. The number of halogens is 5. The fourth-order valence-corrected chi connectivity index (χ4v) is 1.51. The molecule has 0 saturated heterocycles. The standard InChI is InChI=1S/C4H3Cl5N2.K/c5-3-1-2-10(8)4(6,7)11(3)9;/h1-3H;. The quantitative estimate of drug-likeness (QED) is 0.293. The van der Waals surface area contributed by atoms with E-state index in [1.807, 2.05) is 0 Å². The molecule has 0 fully saturated rings. The van der Waals surface area contributed by atoms with E-state index in [1.165, 1.54) is 6.20 Å². The largest absolute Gasteiger partial charge is 0.278 e. The van der Waals surface area contributed by atoms with E-state index in [-0.39, 0.29) is 51.4 Å². The molecule has 0 saturated carbocycles. The molecule has 0 bridgehead atoms. The zero-order valence-electron chi connectivity index (χ0n) is 6.02. The summed E-state index contributed by atoms with van der Waals surface area (Å²) in [4.78, 5) is 0. The van der Waals surface area contributed by atoms with Crippen LogP contribution in [0.3, 0.4) is 0 Å². The van der Waals surface area contributed by atoms with Crippen molar-refractivity contribution in [2.24, 2.45) is 0 Å². The van der Waals surface area contributed by atoms with Crippen LogP contribution in [-0.2, 0) is 0 Å². The number of rotatable bonds is 0. The first-order chi connectivity index (χ1) is 4.96. The van der Waals surface area contributed by atoms with Gasteiger partial charge in [0.1, 0.15) is 5.50 Å². The Hall–Kier alpha value is 2.59. The maximum Gasteiger partial charge on any atom is 0.278 e. The molecule has 0 amide bonds. The predicted molar refractivity (Wildman–Crippen MR) is 54.4 cm³/mol. The third-order valence-electron chi connectivity index (χ3n) is 1.11. The van der Waals surface area contributed by atoms with E-state index in [0.717, 1.165) is 8.84 Å². The van der Waals surface area contributed by atoms with Gasteiger partial charge < -0.3 is 0 Å². The van der Waals surface area contributed by atoms with Crippen LogP contribution in [0.25, 0.3) is 0 Å². The Kier molecular flexibility index (Phi) is 6.82. The van der Waals surface area contributed by atoms with Gasteiger partial charge >= 0.3 is 0 Å². The second-order valence-corrected chi connectivity index (χ2v) is 4.27. The summed E-state index contributed by atoms with van der Waals surface area (Å²) >= 11 is 28.2. The van der Waals surface area contributed by atoms with Crippen molar-refractivity contribution in [1.82, 2.24) is 8.84 Å². The second kappa shape index (κ2) is 5.61. The molecule has 8 heteroatoms. The summed E-state index contributed by atoms with van der Waals surface area (Å²) in [5.41, 5.74) is -0.568. The molecule has 0 aromatic heterocycles. The Morgan fingerprint density at radius 1 is 1.25 bits per heavy atom. The minimum Gasteiger partial charge on any atom is -0.244 e. The van der Waals surface area contributed by atoms with Gasteiger partial charge in [0, 0.05) is 69.4 Å². The SMILES string of the molecule is ClC1C=CN(Cl)C(Cl)(Cl)N1Cl.[K]. The second-order valence-electron chi connectivity index (χ2n) is 1.85. The van der Waals surface area contributed by atoms with E-state index >= 15 is 0 Å². The van der Waals surface area contributed by atoms with Crippen LogP contribution in [0.4, 0.5) is 0 Å². The summed E-state index contributed by atoms with van der Waals surface area (Å²) in [5.74, 6) is 0. The molecule has 0 spiro atoms. The van der Waals surface area contributed by atoms with Crippen molar-refractivity contribution in [3.8, 4) is 0 Å². The van der Waals surface area contributed by atoms with Crippen molar-refractivity contribution in [2.45, 2.75) is 10.1 Å². The first-order valence-corrected chi connectivity index (χ1v) is 4.43. The van der Waals surface area contributed by atoms with Crippen LogP contribution in [-0.4, -0.2) is 70.3 Å². The summed E-state index contributed by atoms with van der Waals surface area (Å²) in [6.07, 6.45) is 2.99. The average Bonchev–Trinajstić information content (AvgIpc) is 1.95. The molecule has 1 rings (SSSR count). The maximum absolute atomic E-state index is 5.69. The van der Waals surface area contributed by atoms with E-state index < -0.39 is 10.1 Å². The number of hydrogen-bond donors (Lipinski definition) is 0. The van der Waals surface area contributed by atoms with Gasteiger partial charge in [0.15, 0.2) is 0 Å². The van der Waals surface area contributed by atoms with Gasteiger partial charge in [-0.1, -0.05) is 34.8 Å². The zero-order chi connectivity index (χ0) is 8.65. The molecule has 0 aromatic carbocycles. The monoisotopic (exact) mass is 293 g/mol.